The Morgan fingerprint density at radius 3 is 2.33 bits per heavy atom. The third kappa shape index (κ3) is 4.59. The topological polar surface area (TPSA) is 83.8 Å². The summed E-state index contributed by atoms with van der Waals surface area (Å²) >= 11 is 0. The van der Waals surface area contributed by atoms with Crippen LogP contribution >= 0.6 is 0 Å². The summed E-state index contributed by atoms with van der Waals surface area (Å²) in [7, 11) is 0. The maximum Gasteiger partial charge on any atom is 0.174 e. The van der Waals surface area contributed by atoms with Gasteiger partial charge >= 0.3 is 0 Å². The van der Waals surface area contributed by atoms with Crippen LogP contribution in [0, 0.1) is 0 Å². The lowest BCUT2D eigenvalue weighted by Gasteiger charge is -2.07. The number of carbonyl (C=O) groups excluding carboxylic acids is 2. The summed E-state index contributed by atoms with van der Waals surface area (Å²) in [5, 5.41) is 18.9. The molecule has 0 heterocycles. The molecule has 5 heteroatoms. The molecule has 0 aromatic heterocycles. The Balaban J connectivity index is 2.00. The van der Waals surface area contributed by atoms with Crippen LogP contribution in [-0.2, 0) is 0 Å². The monoisotopic (exact) mass is 328 g/mol. The zero-order chi connectivity index (χ0) is 17.5. The van der Waals surface area contributed by atoms with Crippen molar-refractivity contribution in [1.82, 2.24) is 0 Å². The smallest absolute Gasteiger partial charge is 0.174 e. The number of hydrogen-bond acceptors (Lipinski definition) is 5. The van der Waals surface area contributed by atoms with E-state index >= 15 is 0 Å². The number of aromatic hydroxyl groups is 2. The van der Waals surface area contributed by atoms with Crippen LogP contribution in [0.1, 0.15) is 46.9 Å². The van der Waals surface area contributed by atoms with E-state index < -0.39 is 5.78 Å². The summed E-state index contributed by atoms with van der Waals surface area (Å²) in [6.07, 6.45) is 1.66. The Labute approximate surface area is 140 Å². The Morgan fingerprint density at radius 1 is 1.00 bits per heavy atom. The molecule has 0 aliphatic carbocycles. The Kier molecular flexibility index (Phi) is 5.95. The lowest BCUT2D eigenvalue weighted by Crippen LogP contribution is -2.09. The van der Waals surface area contributed by atoms with Crippen LogP contribution in [0.25, 0.3) is 0 Å². The predicted molar refractivity (Wildman–Crippen MR) is 89.9 cm³/mol. The van der Waals surface area contributed by atoms with Gasteiger partial charge in [-0.05, 0) is 42.8 Å². The minimum atomic E-state index is -0.499. The number of phenols is 2. The van der Waals surface area contributed by atoms with E-state index in [2.05, 4.69) is 6.92 Å². The number of ether oxygens (including phenoxy) is 1. The molecule has 126 valence electrons. The molecule has 0 saturated carbocycles. The van der Waals surface area contributed by atoms with Crippen molar-refractivity contribution in [2.75, 3.05) is 6.61 Å². The van der Waals surface area contributed by atoms with Crippen molar-refractivity contribution in [2.24, 2.45) is 0 Å². The van der Waals surface area contributed by atoms with Crippen LogP contribution < -0.4 is 4.74 Å². The molecular formula is C19H20O5. The summed E-state index contributed by atoms with van der Waals surface area (Å²) in [6.45, 7) is 2.70. The summed E-state index contributed by atoms with van der Waals surface area (Å²) in [6, 6.07) is 10.3. The largest absolute Gasteiger partial charge is 0.508 e. The van der Waals surface area contributed by atoms with Crippen molar-refractivity contribution in [2.45, 2.75) is 26.2 Å². The summed E-state index contributed by atoms with van der Waals surface area (Å²) in [5.41, 5.74) is 0.421. The van der Waals surface area contributed by atoms with Crippen molar-refractivity contribution in [3.8, 4) is 17.2 Å². The molecule has 5 nitrogen and oxygen atoms in total. The van der Waals surface area contributed by atoms with Gasteiger partial charge in [0.05, 0.1) is 18.6 Å². The maximum absolute atomic E-state index is 12.2. The molecule has 2 N–H and O–H groups in total. The molecule has 2 aromatic carbocycles. The fraction of sp³-hybridized carbons (Fsp3) is 0.263. The second kappa shape index (κ2) is 8.15. The number of ketones is 2. The van der Waals surface area contributed by atoms with Crippen molar-refractivity contribution >= 4 is 11.6 Å². The van der Waals surface area contributed by atoms with Crippen molar-refractivity contribution in [3.05, 3.63) is 53.6 Å². The van der Waals surface area contributed by atoms with Gasteiger partial charge in [-0.3, -0.25) is 9.59 Å². The number of rotatable bonds is 8. The Hall–Kier alpha value is -2.82. The quantitative estimate of drug-likeness (QED) is 0.438. The third-order valence-corrected chi connectivity index (χ3v) is 3.55. The maximum atomic E-state index is 12.2. The number of benzene rings is 2. The molecule has 0 radical (unpaired) electrons. The van der Waals surface area contributed by atoms with E-state index in [1.165, 1.54) is 12.1 Å². The number of hydrogen-bond donors (Lipinski definition) is 2. The highest BCUT2D eigenvalue weighted by molar-refractivity contribution is 6.14. The van der Waals surface area contributed by atoms with Gasteiger partial charge < -0.3 is 14.9 Å². The van der Waals surface area contributed by atoms with Crippen LogP contribution in [0.15, 0.2) is 42.5 Å². The molecule has 0 aliphatic rings. The second-order valence-electron chi connectivity index (χ2n) is 5.45. The Morgan fingerprint density at radius 2 is 1.71 bits per heavy atom. The van der Waals surface area contributed by atoms with Gasteiger partial charge in [-0.1, -0.05) is 13.3 Å². The molecule has 0 saturated heterocycles. The molecule has 0 aliphatic heterocycles. The van der Waals surface area contributed by atoms with Gasteiger partial charge in [0.15, 0.2) is 11.6 Å². The van der Waals surface area contributed by atoms with Crippen molar-refractivity contribution < 1.29 is 24.5 Å². The highest BCUT2D eigenvalue weighted by Crippen LogP contribution is 2.24. The van der Waals surface area contributed by atoms with E-state index in [4.69, 9.17) is 4.74 Å². The average molecular weight is 328 g/mol. The SMILES string of the molecule is CCCCOc1ccc(C(=O)CC(=O)c2ccc(O)cc2O)cc1. The minimum absolute atomic E-state index is 0.0145. The zero-order valence-corrected chi connectivity index (χ0v) is 13.5. The molecule has 0 spiro atoms. The molecule has 24 heavy (non-hydrogen) atoms. The van der Waals surface area contributed by atoms with E-state index in [0.29, 0.717) is 17.9 Å². The van der Waals surface area contributed by atoms with E-state index in [1.54, 1.807) is 24.3 Å². The molecular weight excluding hydrogens is 308 g/mol. The van der Waals surface area contributed by atoms with Crippen LogP contribution in [0.4, 0.5) is 0 Å². The first-order valence-electron chi connectivity index (χ1n) is 7.82. The Bertz CT molecular complexity index is 719. The number of carbonyl (C=O) groups is 2. The van der Waals surface area contributed by atoms with Crippen LogP contribution in [0.3, 0.4) is 0 Å². The second-order valence-corrected chi connectivity index (χ2v) is 5.45. The molecule has 0 fully saturated rings. The molecule has 0 amide bonds. The van der Waals surface area contributed by atoms with Crippen molar-refractivity contribution in [3.63, 3.8) is 0 Å². The fourth-order valence-electron chi connectivity index (χ4n) is 2.17. The number of phenolic OH excluding ortho intramolecular Hbond substituents is 2. The van der Waals surface area contributed by atoms with Gasteiger partial charge in [0.2, 0.25) is 0 Å². The van der Waals surface area contributed by atoms with E-state index in [9.17, 15) is 19.8 Å². The summed E-state index contributed by atoms with van der Waals surface area (Å²) in [4.78, 5) is 24.3. The molecule has 0 atom stereocenters. The number of unbranched alkanes of at least 4 members (excludes halogenated alkanes) is 1. The normalized spacial score (nSPS) is 10.4. The lowest BCUT2D eigenvalue weighted by molar-refractivity contribution is 0.0893. The highest BCUT2D eigenvalue weighted by Gasteiger charge is 2.17. The first-order chi connectivity index (χ1) is 11.5. The standard InChI is InChI=1S/C19H20O5/c1-2-3-10-24-15-7-4-13(5-8-15)17(21)12-19(23)16-9-6-14(20)11-18(16)22/h4-9,11,20,22H,2-3,10,12H2,1H3. The van der Waals surface area contributed by atoms with Gasteiger partial charge in [0.1, 0.15) is 17.2 Å². The van der Waals surface area contributed by atoms with Crippen LogP contribution in [0.2, 0.25) is 0 Å². The molecule has 0 unspecified atom stereocenters. The summed E-state index contributed by atoms with van der Waals surface area (Å²) < 4.78 is 5.52. The first kappa shape index (κ1) is 17.5. The average Bonchev–Trinajstić information content (AvgIpc) is 2.55. The first-order valence-corrected chi connectivity index (χ1v) is 7.82. The van der Waals surface area contributed by atoms with Crippen molar-refractivity contribution in [1.29, 1.82) is 0 Å². The fourth-order valence-corrected chi connectivity index (χ4v) is 2.17. The third-order valence-electron chi connectivity index (χ3n) is 3.55. The van der Waals surface area contributed by atoms with E-state index in [1.807, 2.05) is 0 Å². The van der Waals surface area contributed by atoms with Crippen LogP contribution in [0.5, 0.6) is 17.2 Å². The minimum Gasteiger partial charge on any atom is -0.508 e. The van der Waals surface area contributed by atoms with Gasteiger partial charge in [-0.2, -0.15) is 0 Å². The predicted octanol–water partition coefficient (Wildman–Crippen LogP) is 3.73. The highest BCUT2D eigenvalue weighted by atomic mass is 16.5. The van der Waals surface area contributed by atoms with Gasteiger partial charge in [0.25, 0.3) is 0 Å². The molecule has 0 bridgehead atoms. The zero-order valence-electron chi connectivity index (χ0n) is 13.5. The summed E-state index contributed by atoms with van der Waals surface area (Å²) in [5.74, 6) is -0.641. The van der Waals surface area contributed by atoms with Gasteiger partial charge in [-0.25, -0.2) is 0 Å². The molecule has 2 rings (SSSR count). The van der Waals surface area contributed by atoms with Crippen LogP contribution in [-0.4, -0.2) is 28.4 Å². The van der Waals surface area contributed by atoms with Gasteiger partial charge in [-0.15, -0.1) is 0 Å². The van der Waals surface area contributed by atoms with E-state index in [0.717, 1.165) is 18.9 Å². The molecule has 2 aromatic rings. The lowest BCUT2D eigenvalue weighted by atomic mass is 10.0. The van der Waals surface area contributed by atoms with Gasteiger partial charge in [0, 0.05) is 11.6 Å². The number of Topliss-reactive ketones (excluding diaryl/α,β-unsaturated/α-hetero) is 2. The van der Waals surface area contributed by atoms with E-state index in [-0.39, 0.29) is 29.3 Å².